The van der Waals surface area contributed by atoms with E-state index in [1.165, 1.54) is 0 Å². The van der Waals surface area contributed by atoms with Gasteiger partial charge in [0.05, 0.1) is 0 Å². The van der Waals surface area contributed by atoms with E-state index in [0.717, 1.165) is 55.9 Å². The highest BCUT2D eigenvalue weighted by Crippen LogP contribution is 2.31. The van der Waals surface area contributed by atoms with E-state index in [4.69, 9.17) is 4.74 Å². The lowest BCUT2D eigenvalue weighted by atomic mass is 10.1. The second-order valence-electron chi connectivity index (χ2n) is 7.13. The van der Waals surface area contributed by atoms with Crippen molar-refractivity contribution in [3.05, 3.63) is 29.3 Å². The number of rotatable bonds is 6. The lowest BCUT2D eigenvalue weighted by Gasteiger charge is -2.35. The largest absolute Gasteiger partial charge is 0.491 e. The molecule has 1 saturated carbocycles. The van der Waals surface area contributed by atoms with Gasteiger partial charge in [-0.25, -0.2) is 0 Å². The van der Waals surface area contributed by atoms with Crippen molar-refractivity contribution in [2.45, 2.75) is 32.8 Å². The number of hydrogen-bond acceptors (Lipinski definition) is 4. The number of nitrogens with zero attached hydrogens (tertiary/aromatic N) is 2. The van der Waals surface area contributed by atoms with E-state index in [1.54, 1.807) is 0 Å². The molecule has 0 radical (unpaired) electrons. The first-order valence-electron chi connectivity index (χ1n) is 8.92. The third kappa shape index (κ3) is 4.48. The van der Waals surface area contributed by atoms with E-state index >= 15 is 0 Å². The molecule has 5 nitrogen and oxygen atoms in total. The number of piperazine rings is 1. The van der Waals surface area contributed by atoms with Crippen molar-refractivity contribution in [2.75, 3.05) is 39.3 Å². The van der Waals surface area contributed by atoms with Crippen LogP contribution in [0.5, 0.6) is 5.75 Å². The zero-order valence-corrected chi connectivity index (χ0v) is 14.7. The van der Waals surface area contributed by atoms with Crippen LogP contribution in [0.2, 0.25) is 0 Å². The number of aryl methyl sites for hydroxylation is 2. The molecule has 1 aliphatic carbocycles. The molecule has 1 atom stereocenters. The second-order valence-corrected chi connectivity index (χ2v) is 7.13. The number of β-amino-alcohol motifs (C(OH)–C–C–N with tert-alkyl or cyclic N) is 1. The Hall–Kier alpha value is -1.59. The Kier molecular flexibility index (Phi) is 5.41. The summed E-state index contributed by atoms with van der Waals surface area (Å²) in [4.78, 5) is 16.2. The van der Waals surface area contributed by atoms with Crippen LogP contribution in [0.25, 0.3) is 0 Å². The normalized spacial score (nSPS) is 20.0. The summed E-state index contributed by atoms with van der Waals surface area (Å²) >= 11 is 0. The summed E-state index contributed by atoms with van der Waals surface area (Å²) in [6.45, 7) is 8.15. The predicted molar refractivity (Wildman–Crippen MR) is 93.2 cm³/mol. The first kappa shape index (κ1) is 17.2. The fraction of sp³-hybridized carbons (Fsp3) is 0.632. The summed E-state index contributed by atoms with van der Waals surface area (Å²) in [5, 5.41) is 10.2. The topological polar surface area (TPSA) is 53.0 Å². The summed E-state index contributed by atoms with van der Waals surface area (Å²) in [7, 11) is 0. The van der Waals surface area contributed by atoms with E-state index < -0.39 is 6.10 Å². The highest BCUT2D eigenvalue weighted by Gasteiger charge is 2.34. The average Bonchev–Trinajstić information content (AvgIpc) is 3.41. The lowest BCUT2D eigenvalue weighted by Crippen LogP contribution is -2.51. The number of hydrogen-bond donors (Lipinski definition) is 1. The SMILES string of the molecule is Cc1ccc(C)c(OC[C@@H](O)CN2CCN(C(=O)C3CC3)CC2)c1. The molecule has 1 N–H and O–H groups in total. The minimum Gasteiger partial charge on any atom is -0.491 e. The predicted octanol–water partition coefficient (Wildman–Crippen LogP) is 1.60. The molecule has 0 bridgehead atoms. The van der Waals surface area contributed by atoms with Crippen LogP contribution < -0.4 is 4.74 Å². The standard InChI is InChI=1S/C19H28N2O3/c1-14-3-4-15(2)18(11-14)24-13-17(22)12-20-7-9-21(10-8-20)19(23)16-5-6-16/h3-4,11,16-17,22H,5-10,12-13H2,1-2H3/t17-/m0/s1. The van der Waals surface area contributed by atoms with Crippen LogP contribution >= 0.6 is 0 Å². The monoisotopic (exact) mass is 332 g/mol. The molecule has 132 valence electrons. The Morgan fingerprint density at radius 3 is 2.62 bits per heavy atom. The molecular formula is C19H28N2O3. The van der Waals surface area contributed by atoms with Gasteiger partial charge in [-0.05, 0) is 43.9 Å². The van der Waals surface area contributed by atoms with E-state index in [9.17, 15) is 9.90 Å². The van der Waals surface area contributed by atoms with Crippen LogP contribution in [0, 0.1) is 19.8 Å². The van der Waals surface area contributed by atoms with Crippen molar-refractivity contribution in [2.24, 2.45) is 5.92 Å². The van der Waals surface area contributed by atoms with E-state index in [-0.39, 0.29) is 0 Å². The van der Waals surface area contributed by atoms with Crippen molar-refractivity contribution in [1.82, 2.24) is 9.80 Å². The first-order chi connectivity index (χ1) is 11.5. The maximum absolute atomic E-state index is 12.0. The summed E-state index contributed by atoms with van der Waals surface area (Å²) in [5.41, 5.74) is 2.24. The molecule has 0 spiro atoms. The highest BCUT2D eigenvalue weighted by atomic mass is 16.5. The van der Waals surface area contributed by atoms with Gasteiger partial charge in [-0.1, -0.05) is 12.1 Å². The molecule has 3 rings (SSSR count). The Morgan fingerprint density at radius 2 is 1.96 bits per heavy atom. The zero-order chi connectivity index (χ0) is 17.1. The van der Waals surface area contributed by atoms with Crippen LogP contribution in [-0.4, -0.2) is 66.2 Å². The zero-order valence-electron chi connectivity index (χ0n) is 14.7. The maximum Gasteiger partial charge on any atom is 0.225 e. The molecule has 1 aliphatic heterocycles. The molecule has 1 aromatic rings. The van der Waals surface area contributed by atoms with Crippen molar-refractivity contribution < 1.29 is 14.6 Å². The molecule has 0 unspecified atom stereocenters. The number of aliphatic hydroxyl groups excluding tert-OH is 1. The molecule has 2 aliphatic rings. The molecule has 1 saturated heterocycles. The molecule has 1 aromatic carbocycles. The van der Waals surface area contributed by atoms with Gasteiger partial charge in [0.2, 0.25) is 5.91 Å². The number of aliphatic hydroxyl groups is 1. The van der Waals surface area contributed by atoms with Crippen LogP contribution in [0.1, 0.15) is 24.0 Å². The second kappa shape index (κ2) is 7.53. The number of carbonyl (C=O) groups excluding carboxylic acids is 1. The Bertz CT molecular complexity index is 578. The summed E-state index contributed by atoms with van der Waals surface area (Å²) in [5.74, 6) is 1.47. The third-order valence-electron chi connectivity index (χ3n) is 4.85. The van der Waals surface area contributed by atoms with Gasteiger partial charge in [0.25, 0.3) is 0 Å². The minimum absolute atomic E-state index is 0.297. The quantitative estimate of drug-likeness (QED) is 0.860. The molecule has 1 heterocycles. The fourth-order valence-electron chi connectivity index (χ4n) is 3.14. The number of benzene rings is 1. The van der Waals surface area contributed by atoms with Gasteiger partial charge in [-0.15, -0.1) is 0 Å². The van der Waals surface area contributed by atoms with Crippen LogP contribution in [-0.2, 0) is 4.79 Å². The fourth-order valence-corrected chi connectivity index (χ4v) is 3.14. The highest BCUT2D eigenvalue weighted by molar-refractivity contribution is 5.81. The van der Waals surface area contributed by atoms with Crippen LogP contribution in [0.3, 0.4) is 0 Å². The van der Waals surface area contributed by atoms with E-state index in [0.29, 0.717) is 25.0 Å². The van der Waals surface area contributed by atoms with Gasteiger partial charge in [0.1, 0.15) is 18.5 Å². The minimum atomic E-state index is -0.518. The molecule has 24 heavy (non-hydrogen) atoms. The molecule has 0 aromatic heterocycles. The van der Waals surface area contributed by atoms with Crippen molar-refractivity contribution in [3.8, 4) is 5.75 Å². The van der Waals surface area contributed by atoms with E-state index in [1.807, 2.05) is 30.9 Å². The molecule has 5 heteroatoms. The summed E-state index contributed by atoms with van der Waals surface area (Å²) in [6, 6.07) is 6.10. The smallest absolute Gasteiger partial charge is 0.225 e. The molecule has 2 fully saturated rings. The van der Waals surface area contributed by atoms with Crippen LogP contribution in [0.4, 0.5) is 0 Å². The van der Waals surface area contributed by atoms with Gasteiger partial charge in [-0.3, -0.25) is 9.69 Å². The van der Waals surface area contributed by atoms with Gasteiger partial charge < -0.3 is 14.7 Å². The Balaban J connectivity index is 1.40. The number of amides is 1. The van der Waals surface area contributed by atoms with Gasteiger partial charge in [0.15, 0.2) is 0 Å². The number of carbonyl (C=O) groups is 1. The van der Waals surface area contributed by atoms with E-state index in [2.05, 4.69) is 11.0 Å². The lowest BCUT2D eigenvalue weighted by molar-refractivity contribution is -0.134. The first-order valence-corrected chi connectivity index (χ1v) is 8.92. The summed E-state index contributed by atoms with van der Waals surface area (Å²) < 4.78 is 5.78. The van der Waals surface area contributed by atoms with Crippen molar-refractivity contribution in [3.63, 3.8) is 0 Å². The Labute approximate surface area is 144 Å². The van der Waals surface area contributed by atoms with Gasteiger partial charge >= 0.3 is 0 Å². The average molecular weight is 332 g/mol. The van der Waals surface area contributed by atoms with Crippen molar-refractivity contribution in [1.29, 1.82) is 0 Å². The molecule has 1 amide bonds. The summed E-state index contributed by atoms with van der Waals surface area (Å²) in [6.07, 6.45) is 1.61. The third-order valence-corrected chi connectivity index (χ3v) is 4.85. The van der Waals surface area contributed by atoms with Crippen LogP contribution in [0.15, 0.2) is 18.2 Å². The maximum atomic E-state index is 12.0. The number of ether oxygens (including phenoxy) is 1. The van der Waals surface area contributed by atoms with Gasteiger partial charge in [-0.2, -0.15) is 0 Å². The van der Waals surface area contributed by atoms with Crippen molar-refractivity contribution >= 4 is 5.91 Å². The van der Waals surface area contributed by atoms with Gasteiger partial charge in [0, 0.05) is 38.6 Å². The molecular weight excluding hydrogens is 304 g/mol. The Morgan fingerprint density at radius 1 is 1.25 bits per heavy atom.